The van der Waals surface area contributed by atoms with Crippen molar-refractivity contribution in [2.75, 3.05) is 15.1 Å². The van der Waals surface area contributed by atoms with Crippen LogP contribution in [0.25, 0.3) is 10.1 Å². The number of para-hydroxylation sites is 2. The first-order valence-electron chi connectivity index (χ1n) is 22.4. The number of anilines is 7. The van der Waals surface area contributed by atoms with E-state index in [1.54, 1.807) is 22.3 Å². The van der Waals surface area contributed by atoms with E-state index < -0.39 is 0 Å². The third kappa shape index (κ3) is 5.67. The van der Waals surface area contributed by atoms with E-state index in [2.05, 4.69) is 204 Å². The largest absolute Gasteiger partial charge is 0.356 e. The highest BCUT2D eigenvalue weighted by molar-refractivity contribution is 7.33. The van der Waals surface area contributed by atoms with Gasteiger partial charge in [0, 0.05) is 49.0 Å². The van der Waals surface area contributed by atoms with Crippen molar-refractivity contribution in [2.45, 2.75) is 111 Å². The maximum absolute atomic E-state index is 4.07. The second kappa shape index (κ2) is 13.0. The van der Waals surface area contributed by atoms with Crippen LogP contribution < -0.4 is 30.8 Å². The number of fused-ring (bicyclic) bond motifs is 7. The summed E-state index contributed by atoms with van der Waals surface area (Å²) in [5, 5.41) is 5.50. The lowest BCUT2D eigenvalue weighted by atomic mass is 9.36. The molecule has 3 heterocycles. The minimum atomic E-state index is 0.122. The van der Waals surface area contributed by atoms with E-state index in [1.165, 1.54) is 79.8 Å². The zero-order valence-electron chi connectivity index (χ0n) is 37.0. The van der Waals surface area contributed by atoms with Crippen LogP contribution in [0, 0.1) is 17.8 Å². The van der Waals surface area contributed by atoms with Gasteiger partial charge in [-0.2, -0.15) is 0 Å². The van der Waals surface area contributed by atoms with Crippen LogP contribution >= 0.6 is 11.3 Å². The number of hydrogen-bond acceptors (Lipinski definition) is 4. The summed E-state index contributed by atoms with van der Waals surface area (Å²) < 4.78 is 2.91. The molecule has 0 fully saturated rings. The number of nitrogens with zero attached hydrogens (tertiary/aromatic N) is 2. The van der Waals surface area contributed by atoms with Crippen molar-refractivity contribution >= 4 is 83.6 Å². The molecule has 0 saturated carbocycles. The number of nitrogens with one attached hydrogen (secondary N) is 1. The molecule has 3 nitrogen and oxygen atoms in total. The molecule has 1 aromatic heterocycles. The van der Waals surface area contributed by atoms with Gasteiger partial charge in [-0.1, -0.05) is 116 Å². The second-order valence-electron chi connectivity index (χ2n) is 21.2. The zero-order valence-corrected chi connectivity index (χ0v) is 37.8. The molecule has 1 unspecified atom stereocenters. The Kier molecular flexibility index (Phi) is 8.23. The average molecular weight is 804 g/mol. The third-order valence-corrected chi connectivity index (χ3v) is 16.6. The smallest absolute Gasteiger partial charge is 0.264 e. The molecule has 5 aliphatic rings. The van der Waals surface area contributed by atoms with Crippen molar-refractivity contribution in [3.05, 3.63) is 143 Å². The van der Waals surface area contributed by atoms with Gasteiger partial charge in [0.25, 0.3) is 6.71 Å². The molecule has 0 bridgehead atoms. The summed E-state index contributed by atoms with van der Waals surface area (Å²) in [6.45, 7) is 22.2. The molecule has 5 heteroatoms. The van der Waals surface area contributed by atoms with Crippen molar-refractivity contribution in [1.82, 2.24) is 0 Å². The molecule has 1 N–H and O–H groups in total. The van der Waals surface area contributed by atoms with Crippen LogP contribution in [0.15, 0.2) is 126 Å². The molecular weight excluding hydrogens is 746 g/mol. The van der Waals surface area contributed by atoms with E-state index in [9.17, 15) is 0 Å². The standard InChI is InChI=1S/C55H58BN3S/c1-34-28-46-49-47(29-34)59(37-20-22-40-41(30-37)53(4,5)25-24-52(40,2)3)50-39-32-42-43(55(8,9)27-26-54(42,6)7)33-48(39)60-51(50)56(49)44-23-21-38(31-45(44)57-46)58(35-16-12-10-13-17-35)36-18-14-11-15-19-36/h10-23,28-29,31-33,37,57H,24-27,30H2,1-9H3. The van der Waals surface area contributed by atoms with Crippen LogP contribution in [0.4, 0.5) is 39.8 Å². The lowest BCUT2D eigenvalue weighted by molar-refractivity contribution is 0.256. The van der Waals surface area contributed by atoms with E-state index in [1.807, 2.05) is 0 Å². The third-order valence-electron chi connectivity index (χ3n) is 15.4. The van der Waals surface area contributed by atoms with Crippen molar-refractivity contribution < 1.29 is 0 Å². The van der Waals surface area contributed by atoms with Gasteiger partial charge in [-0.25, -0.2) is 0 Å². The minimum absolute atomic E-state index is 0.122. The van der Waals surface area contributed by atoms with Crippen molar-refractivity contribution in [3.63, 3.8) is 0 Å². The van der Waals surface area contributed by atoms with Gasteiger partial charge in [0.1, 0.15) is 0 Å². The lowest BCUT2D eigenvalue weighted by Gasteiger charge is -2.48. The molecule has 302 valence electrons. The average Bonchev–Trinajstić information content (AvgIpc) is 3.60. The molecule has 60 heavy (non-hydrogen) atoms. The number of allylic oxidation sites excluding steroid dienone is 2. The zero-order chi connectivity index (χ0) is 41.5. The molecule has 3 aliphatic carbocycles. The van der Waals surface area contributed by atoms with Crippen molar-refractivity contribution in [3.8, 4) is 0 Å². The highest BCUT2D eigenvalue weighted by Crippen LogP contribution is 2.55. The number of benzene rings is 5. The molecule has 0 spiro atoms. The monoisotopic (exact) mass is 803 g/mol. The number of rotatable bonds is 4. The van der Waals surface area contributed by atoms with Gasteiger partial charge in [0.2, 0.25) is 0 Å². The summed E-state index contributed by atoms with van der Waals surface area (Å²) in [4.78, 5) is 5.20. The summed E-state index contributed by atoms with van der Waals surface area (Å²) in [6.07, 6.45) is 11.1. The van der Waals surface area contributed by atoms with E-state index in [-0.39, 0.29) is 34.4 Å². The topological polar surface area (TPSA) is 18.5 Å². The van der Waals surface area contributed by atoms with Gasteiger partial charge in [-0.15, -0.1) is 11.3 Å². The summed E-state index contributed by atoms with van der Waals surface area (Å²) in [7, 11) is 0. The van der Waals surface area contributed by atoms with Gasteiger partial charge in [0.05, 0.1) is 11.7 Å². The summed E-state index contributed by atoms with van der Waals surface area (Å²) in [6, 6.07) is 39.1. The van der Waals surface area contributed by atoms with Gasteiger partial charge in [-0.3, -0.25) is 0 Å². The second-order valence-corrected chi connectivity index (χ2v) is 22.3. The Balaban J connectivity index is 1.14. The number of aryl methyl sites for hydroxylation is 1. The van der Waals surface area contributed by atoms with Crippen LogP contribution in [0.3, 0.4) is 0 Å². The number of thiophene rings is 1. The van der Waals surface area contributed by atoms with Gasteiger partial charge in [-0.05, 0) is 155 Å². The first-order valence-corrected chi connectivity index (χ1v) is 23.2. The molecule has 0 radical (unpaired) electrons. The summed E-state index contributed by atoms with van der Waals surface area (Å²) in [5.41, 5.74) is 19.7. The lowest BCUT2D eigenvalue weighted by Crippen LogP contribution is -2.61. The Morgan fingerprint density at radius 3 is 1.98 bits per heavy atom. The fourth-order valence-electron chi connectivity index (χ4n) is 11.7. The van der Waals surface area contributed by atoms with E-state index in [0.717, 1.165) is 23.5 Å². The van der Waals surface area contributed by atoms with Crippen molar-refractivity contribution in [1.29, 1.82) is 0 Å². The van der Waals surface area contributed by atoms with Gasteiger partial charge < -0.3 is 15.1 Å². The first-order chi connectivity index (χ1) is 28.6. The highest BCUT2D eigenvalue weighted by Gasteiger charge is 2.48. The fraction of sp³-hybridized carbons (Fsp3) is 0.345. The Hall–Kier alpha value is -5.00. The van der Waals surface area contributed by atoms with Crippen molar-refractivity contribution in [2.24, 2.45) is 10.8 Å². The number of hydrogen-bond donors (Lipinski definition) is 1. The Morgan fingerprint density at radius 2 is 1.30 bits per heavy atom. The van der Waals surface area contributed by atoms with Gasteiger partial charge in [0.15, 0.2) is 0 Å². The van der Waals surface area contributed by atoms with E-state index in [4.69, 9.17) is 0 Å². The summed E-state index contributed by atoms with van der Waals surface area (Å²) >= 11 is 2.06. The Morgan fingerprint density at radius 1 is 0.667 bits per heavy atom. The van der Waals surface area contributed by atoms with Gasteiger partial charge >= 0.3 is 0 Å². The molecular formula is C55H58BN3S. The van der Waals surface area contributed by atoms with Crippen LogP contribution in [0.1, 0.15) is 104 Å². The molecule has 2 aliphatic heterocycles. The minimum Gasteiger partial charge on any atom is -0.356 e. The highest BCUT2D eigenvalue weighted by atomic mass is 32.1. The Bertz CT molecular complexity index is 2760. The van der Waals surface area contributed by atoms with E-state index >= 15 is 0 Å². The molecule has 1 atom stereocenters. The fourth-order valence-corrected chi connectivity index (χ4v) is 13.1. The van der Waals surface area contributed by atoms with Crippen LogP contribution in [-0.4, -0.2) is 12.8 Å². The summed E-state index contributed by atoms with van der Waals surface area (Å²) in [5.74, 6) is 0. The molecule has 0 saturated heterocycles. The molecule has 5 aromatic carbocycles. The molecule has 11 rings (SSSR count). The van der Waals surface area contributed by atoms with Crippen LogP contribution in [0.5, 0.6) is 0 Å². The SMILES string of the molecule is Cc1cc2c3c(c1)N(C1C=CC4=C(C1)C(C)(C)CCC4(C)C)c1c(sc4cc5c(cc14)C(C)(C)CCC5(C)C)B3c1ccc(N(c3ccccc3)c3ccccc3)cc1N2. The predicted octanol–water partition coefficient (Wildman–Crippen LogP) is 13.5. The Labute approximate surface area is 362 Å². The maximum atomic E-state index is 4.07. The first kappa shape index (κ1) is 38.0. The van der Waals surface area contributed by atoms with Crippen LogP contribution in [0.2, 0.25) is 0 Å². The molecule has 6 aromatic rings. The maximum Gasteiger partial charge on any atom is 0.264 e. The van der Waals surface area contributed by atoms with E-state index in [0.29, 0.717) is 0 Å². The van der Waals surface area contributed by atoms with Crippen LogP contribution in [-0.2, 0) is 10.8 Å². The predicted molar refractivity (Wildman–Crippen MR) is 261 cm³/mol. The molecule has 0 amide bonds. The normalized spacial score (nSPS) is 21.1. The quantitative estimate of drug-likeness (QED) is 0.179.